The maximum absolute atomic E-state index is 13.2. The molecule has 1 amide bonds. The van der Waals surface area contributed by atoms with Crippen molar-refractivity contribution in [1.82, 2.24) is 29.2 Å². The number of aromatic nitrogens is 5. The van der Waals surface area contributed by atoms with Gasteiger partial charge in [-0.3, -0.25) is 9.78 Å². The summed E-state index contributed by atoms with van der Waals surface area (Å²) in [5.74, 6) is -0.407. The second kappa shape index (κ2) is 5.33. The molecule has 4 heterocycles. The van der Waals surface area contributed by atoms with Crippen LogP contribution in [0.3, 0.4) is 0 Å². The number of aryl methyl sites for hydroxylation is 1. The highest BCUT2D eigenvalue weighted by Gasteiger charge is 2.40. The molecule has 2 aliphatic rings. The summed E-state index contributed by atoms with van der Waals surface area (Å²) in [4.78, 5) is 23.4. The molecule has 0 bridgehead atoms. The van der Waals surface area contributed by atoms with Gasteiger partial charge in [0, 0.05) is 32.4 Å². The number of alkyl halides is 2. The van der Waals surface area contributed by atoms with Gasteiger partial charge in [-0.2, -0.15) is 5.10 Å². The predicted octanol–water partition coefficient (Wildman–Crippen LogP) is 2.39. The van der Waals surface area contributed by atoms with Crippen LogP contribution in [0.15, 0.2) is 18.3 Å². The zero-order chi connectivity index (χ0) is 18.0. The molecule has 3 aromatic rings. The molecular weight excluding hydrogens is 342 g/mol. The van der Waals surface area contributed by atoms with Crippen LogP contribution < -0.4 is 0 Å². The Hall–Kier alpha value is -2.84. The van der Waals surface area contributed by atoms with Crippen molar-refractivity contribution < 1.29 is 13.6 Å². The maximum atomic E-state index is 13.2. The van der Waals surface area contributed by atoms with Crippen molar-refractivity contribution in [3.8, 4) is 11.4 Å². The molecule has 5 rings (SSSR count). The third kappa shape index (κ3) is 2.09. The fraction of sp³-hybridized carbons (Fsp3) is 0.412. The minimum Gasteiger partial charge on any atom is -0.333 e. The van der Waals surface area contributed by atoms with E-state index in [2.05, 4.69) is 15.1 Å². The molecule has 134 valence electrons. The van der Waals surface area contributed by atoms with Crippen molar-refractivity contribution >= 4 is 16.9 Å². The van der Waals surface area contributed by atoms with Crippen molar-refractivity contribution in [1.29, 1.82) is 0 Å². The first-order valence-corrected chi connectivity index (χ1v) is 8.54. The summed E-state index contributed by atoms with van der Waals surface area (Å²) in [7, 11) is 1.43. The number of carbonyl (C=O) groups excluding carboxylic acids is 1. The fourth-order valence-electron chi connectivity index (χ4n) is 3.71. The fourth-order valence-corrected chi connectivity index (χ4v) is 3.71. The lowest BCUT2D eigenvalue weighted by Gasteiger charge is -2.29. The molecular formula is C17H16F2N6O. The van der Waals surface area contributed by atoms with E-state index in [1.54, 1.807) is 12.3 Å². The number of hydrogen-bond acceptors (Lipinski definition) is 4. The van der Waals surface area contributed by atoms with Crippen LogP contribution >= 0.6 is 0 Å². The van der Waals surface area contributed by atoms with E-state index in [0.29, 0.717) is 29.9 Å². The number of carbonyl (C=O) groups is 1. The van der Waals surface area contributed by atoms with Crippen LogP contribution in [-0.2, 0) is 13.6 Å². The lowest BCUT2D eigenvalue weighted by atomic mass is 10.1. The number of fused-ring (bicyclic) bond motifs is 3. The number of rotatable bonds is 3. The molecule has 7 nitrogen and oxygen atoms in total. The van der Waals surface area contributed by atoms with E-state index < -0.39 is 12.2 Å². The molecule has 0 unspecified atom stereocenters. The summed E-state index contributed by atoms with van der Waals surface area (Å²) in [5, 5.41) is 4.15. The predicted molar refractivity (Wildman–Crippen MR) is 88.7 cm³/mol. The highest BCUT2D eigenvalue weighted by molar-refractivity contribution is 6.08. The molecule has 0 aromatic carbocycles. The normalized spacial score (nSPS) is 17.4. The summed E-state index contributed by atoms with van der Waals surface area (Å²) >= 11 is 0. The van der Waals surface area contributed by atoms with Gasteiger partial charge in [0.1, 0.15) is 11.2 Å². The molecule has 1 aliphatic carbocycles. The van der Waals surface area contributed by atoms with Crippen LogP contribution in [0.5, 0.6) is 0 Å². The highest BCUT2D eigenvalue weighted by Crippen LogP contribution is 2.38. The second-order valence-electron chi connectivity index (χ2n) is 6.69. The van der Waals surface area contributed by atoms with E-state index in [1.165, 1.54) is 7.05 Å². The van der Waals surface area contributed by atoms with Crippen LogP contribution in [0.4, 0.5) is 8.78 Å². The van der Waals surface area contributed by atoms with Gasteiger partial charge in [0.05, 0.1) is 11.1 Å². The quantitative estimate of drug-likeness (QED) is 0.721. The van der Waals surface area contributed by atoms with E-state index in [4.69, 9.17) is 0 Å². The van der Waals surface area contributed by atoms with Gasteiger partial charge in [-0.05, 0) is 25.0 Å². The zero-order valence-corrected chi connectivity index (χ0v) is 14.1. The van der Waals surface area contributed by atoms with Gasteiger partial charge in [0.25, 0.3) is 12.3 Å². The molecule has 26 heavy (non-hydrogen) atoms. The standard InChI is InChI=1S/C17H16F2N6O/c1-23-16(14(18)19)21-15(22-23)11-12-10(3-2-6-20-12)25-8-7-24(9-4-5-9)17(26)13(11)25/h2-3,6,9,14H,4-5,7-8H2,1H3. The number of halogens is 2. The van der Waals surface area contributed by atoms with Gasteiger partial charge in [-0.1, -0.05) is 0 Å². The third-order valence-electron chi connectivity index (χ3n) is 5.05. The van der Waals surface area contributed by atoms with Crippen LogP contribution in [0, 0.1) is 0 Å². The van der Waals surface area contributed by atoms with Gasteiger partial charge in [0.15, 0.2) is 11.6 Å². The summed E-state index contributed by atoms with van der Waals surface area (Å²) < 4.78 is 29.3. The zero-order valence-electron chi connectivity index (χ0n) is 14.1. The first kappa shape index (κ1) is 15.4. The van der Waals surface area contributed by atoms with Crippen LogP contribution in [0.2, 0.25) is 0 Å². The average molecular weight is 358 g/mol. The van der Waals surface area contributed by atoms with E-state index in [1.807, 2.05) is 15.5 Å². The summed E-state index contributed by atoms with van der Waals surface area (Å²) in [6.45, 7) is 1.29. The minimum atomic E-state index is -2.74. The smallest absolute Gasteiger partial charge is 0.297 e. The first-order chi connectivity index (χ1) is 12.6. The molecule has 1 aliphatic heterocycles. The molecule has 1 saturated carbocycles. The summed E-state index contributed by atoms with van der Waals surface area (Å²) in [6, 6.07) is 3.96. The monoisotopic (exact) mass is 358 g/mol. The average Bonchev–Trinajstić information content (AvgIpc) is 3.30. The molecule has 0 radical (unpaired) electrons. The van der Waals surface area contributed by atoms with Crippen LogP contribution in [-0.4, -0.2) is 47.7 Å². The number of hydrogen-bond donors (Lipinski definition) is 0. The Labute approximate surface area is 147 Å². The highest BCUT2D eigenvalue weighted by atomic mass is 19.3. The molecule has 1 fully saturated rings. The third-order valence-corrected chi connectivity index (χ3v) is 5.05. The van der Waals surface area contributed by atoms with Crippen molar-refractivity contribution in [3.63, 3.8) is 0 Å². The van der Waals surface area contributed by atoms with Crippen molar-refractivity contribution in [2.75, 3.05) is 6.54 Å². The molecule has 0 N–H and O–H groups in total. The van der Waals surface area contributed by atoms with Gasteiger partial charge in [-0.15, -0.1) is 0 Å². The number of amides is 1. The topological polar surface area (TPSA) is 68.8 Å². The first-order valence-electron chi connectivity index (χ1n) is 8.54. The lowest BCUT2D eigenvalue weighted by molar-refractivity contribution is 0.0694. The SMILES string of the molecule is Cn1nc(-c2c3n(c4cccnc24)CCN(C2CC2)C3=O)nc1C(F)F. The molecule has 9 heteroatoms. The lowest BCUT2D eigenvalue weighted by Crippen LogP contribution is -2.41. The van der Waals surface area contributed by atoms with Gasteiger partial charge < -0.3 is 9.47 Å². The Kier molecular flexibility index (Phi) is 3.16. The van der Waals surface area contributed by atoms with Crippen LogP contribution in [0.25, 0.3) is 22.4 Å². The molecule has 0 spiro atoms. The van der Waals surface area contributed by atoms with Crippen molar-refractivity contribution in [2.24, 2.45) is 7.05 Å². The molecule has 0 saturated heterocycles. The summed E-state index contributed by atoms with van der Waals surface area (Å²) in [5.41, 5.74) is 2.26. The van der Waals surface area contributed by atoms with Gasteiger partial charge >= 0.3 is 0 Å². The Balaban J connectivity index is 1.77. The van der Waals surface area contributed by atoms with Crippen molar-refractivity contribution in [3.05, 3.63) is 29.8 Å². The Morgan fingerprint density at radius 2 is 2.08 bits per heavy atom. The Morgan fingerprint density at radius 3 is 2.77 bits per heavy atom. The number of pyridine rings is 1. The molecule has 0 atom stereocenters. The maximum Gasteiger partial charge on any atom is 0.297 e. The summed E-state index contributed by atoms with van der Waals surface area (Å²) in [6.07, 6.45) is 0.906. The minimum absolute atomic E-state index is 0.0993. The van der Waals surface area contributed by atoms with Crippen LogP contribution in [0.1, 0.15) is 35.6 Å². The Bertz CT molecular complexity index is 1040. The second-order valence-corrected chi connectivity index (χ2v) is 6.69. The van der Waals surface area contributed by atoms with E-state index in [9.17, 15) is 13.6 Å². The molecule has 3 aromatic heterocycles. The van der Waals surface area contributed by atoms with Gasteiger partial charge in [0.2, 0.25) is 0 Å². The van der Waals surface area contributed by atoms with E-state index in [0.717, 1.165) is 23.0 Å². The van der Waals surface area contributed by atoms with Crippen molar-refractivity contribution in [2.45, 2.75) is 31.9 Å². The Morgan fingerprint density at radius 1 is 1.27 bits per heavy atom. The van der Waals surface area contributed by atoms with E-state index in [-0.39, 0.29) is 17.8 Å². The largest absolute Gasteiger partial charge is 0.333 e. The van der Waals surface area contributed by atoms with Gasteiger partial charge in [-0.25, -0.2) is 18.4 Å². The van der Waals surface area contributed by atoms with E-state index >= 15 is 0 Å². The number of nitrogens with zero attached hydrogens (tertiary/aromatic N) is 6.